The number of nitrogens with zero attached hydrogens (tertiary/aromatic N) is 2. The van der Waals surface area contributed by atoms with Gasteiger partial charge in [0.25, 0.3) is 0 Å². The Labute approximate surface area is 150 Å². The molecule has 0 atom stereocenters. The maximum Gasteiger partial charge on any atom is 0.225 e. The number of benzene rings is 2. The summed E-state index contributed by atoms with van der Waals surface area (Å²) in [5.74, 6) is 1.39. The van der Waals surface area contributed by atoms with Crippen molar-refractivity contribution in [3.63, 3.8) is 0 Å². The Morgan fingerprint density at radius 1 is 0.917 bits per heavy atom. The molecule has 122 valence electrons. The molecule has 0 aliphatic heterocycles. The van der Waals surface area contributed by atoms with Gasteiger partial charge in [-0.1, -0.05) is 45.8 Å². The largest absolute Gasteiger partial charge is 0.350 e. The lowest BCUT2D eigenvalue weighted by Gasteiger charge is -2.10. The first-order valence-electron chi connectivity index (χ1n) is 7.76. The number of hydrogen-bond donors (Lipinski definition) is 2. The molecule has 2 N–H and O–H groups in total. The third-order valence-electron chi connectivity index (χ3n) is 3.54. The van der Waals surface area contributed by atoms with E-state index in [9.17, 15) is 0 Å². The fourth-order valence-corrected chi connectivity index (χ4v) is 2.54. The van der Waals surface area contributed by atoms with E-state index in [4.69, 9.17) is 0 Å². The Balaban J connectivity index is 1.71. The first-order chi connectivity index (χ1) is 11.6. The second-order valence-corrected chi connectivity index (χ2v) is 6.60. The van der Waals surface area contributed by atoms with Crippen molar-refractivity contribution >= 4 is 33.4 Å². The lowest BCUT2D eigenvalue weighted by molar-refractivity contribution is 1.03. The van der Waals surface area contributed by atoms with E-state index < -0.39 is 0 Å². The summed E-state index contributed by atoms with van der Waals surface area (Å²) in [5.41, 5.74) is 4.36. The molecule has 3 aromatic rings. The summed E-state index contributed by atoms with van der Waals surface area (Å²) in [6.07, 6.45) is 0. The topological polar surface area (TPSA) is 49.8 Å². The summed E-state index contributed by atoms with van der Waals surface area (Å²) >= 11 is 3.44. The molecule has 0 spiro atoms. The van der Waals surface area contributed by atoms with Crippen LogP contribution in [-0.2, 0) is 6.54 Å². The van der Waals surface area contributed by atoms with Crippen LogP contribution in [0.4, 0.5) is 17.5 Å². The van der Waals surface area contributed by atoms with Gasteiger partial charge in [0.05, 0.1) is 0 Å². The van der Waals surface area contributed by atoms with Gasteiger partial charge in [-0.2, -0.15) is 4.98 Å². The number of rotatable bonds is 5. The maximum atomic E-state index is 4.54. The highest BCUT2D eigenvalue weighted by Gasteiger charge is 2.03. The van der Waals surface area contributed by atoms with Gasteiger partial charge >= 0.3 is 0 Å². The van der Waals surface area contributed by atoms with Gasteiger partial charge in [0.1, 0.15) is 5.82 Å². The van der Waals surface area contributed by atoms with Gasteiger partial charge in [-0.05, 0) is 43.7 Å². The fraction of sp³-hybridized carbons (Fsp3) is 0.158. The van der Waals surface area contributed by atoms with Crippen molar-refractivity contribution in [2.45, 2.75) is 20.4 Å². The Morgan fingerprint density at radius 3 is 2.33 bits per heavy atom. The molecule has 2 aromatic carbocycles. The molecule has 24 heavy (non-hydrogen) atoms. The Bertz CT molecular complexity index is 814. The second kappa shape index (κ2) is 7.45. The van der Waals surface area contributed by atoms with Crippen molar-refractivity contribution < 1.29 is 0 Å². The normalized spacial score (nSPS) is 10.5. The monoisotopic (exact) mass is 382 g/mol. The van der Waals surface area contributed by atoms with Crippen LogP contribution >= 0.6 is 15.9 Å². The van der Waals surface area contributed by atoms with Crippen LogP contribution in [0.25, 0.3) is 0 Å². The Kier molecular flexibility index (Phi) is 5.11. The average Bonchev–Trinajstić information content (AvgIpc) is 2.56. The second-order valence-electron chi connectivity index (χ2n) is 5.69. The number of hydrogen-bond acceptors (Lipinski definition) is 4. The molecule has 0 fully saturated rings. The molecule has 3 rings (SSSR count). The molecule has 0 unspecified atom stereocenters. The van der Waals surface area contributed by atoms with E-state index in [2.05, 4.69) is 67.7 Å². The van der Waals surface area contributed by atoms with Crippen molar-refractivity contribution in [1.29, 1.82) is 0 Å². The summed E-state index contributed by atoms with van der Waals surface area (Å²) in [7, 11) is 0. The highest BCUT2D eigenvalue weighted by atomic mass is 79.9. The number of nitrogens with one attached hydrogen (secondary N) is 2. The molecule has 5 heteroatoms. The van der Waals surface area contributed by atoms with E-state index in [1.165, 1.54) is 11.1 Å². The minimum atomic E-state index is 0.621. The quantitative estimate of drug-likeness (QED) is 0.635. The predicted molar refractivity (Wildman–Crippen MR) is 103 cm³/mol. The molecule has 0 amide bonds. The third kappa shape index (κ3) is 4.55. The van der Waals surface area contributed by atoms with Crippen molar-refractivity contribution in [3.05, 3.63) is 75.9 Å². The van der Waals surface area contributed by atoms with E-state index >= 15 is 0 Å². The molecule has 0 bridgehead atoms. The van der Waals surface area contributed by atoms with Crippen molar-refractivity contribution in [3.8, 4) is 0 Å². The predicted octanol–water partition coefficient (Wildman–Crippen LogP) is 5.21. The molecule has 1 heterocycles. The van der Waals surface area contributed by atoms with Crippen molar-refractivity contribution in [2.24, 2.45) is 0 Å². The Hall–Kier alpha value is -2.40. The number of aromatic nitrogens is 2. The number of aryl methyl sites for hydroxylation is 2. The van der Waals surface area contributed by atoms with E-state index in [-0.39, 0.29) is 0 Å². The SMILES string of the molecule is Cc1ccc(CNc2nc(C)cc(Nc3ccc(Br)cc3)n2)cc1. The number of anilines is 3. The van der Waals surface area contributed by atoms with Crippen molar-refractivity contribution in [2.75, 3.05) is 10.6 Å². The van der Waals surface area contributed by atoms with Crippen LogP contribution in [0.2, 0.25) is 0 Å². The first kappa shape index (κ1) is 16.5. The standard InChI is InChI=1S/C19H19BrN4/c1-13-3-5-15(6-4-13)12-21-19-22-14(2)11-18(24-19)23-17-9-7-16(20)8-10-17/h3-11H,12H2,1-2H3,(H2,21,22,23,24). The molecule has 0 aliphatic rings. The summed E-state index contributed by atoms with van der Waals surface area (Å²) in [6, 6.07) is 18.3. The third-order valence-corrected chi connectivity index (χ3v) is 4.07. The zero-order valence-corrected chi connectivity index (χ0v) is 15.3. The van der Waals surface area contributed by atoms with Gasteiger partial charge < -0.3 is 10.6 Å². The molecular weight excluding hydrogens is 364 g/mol. The molecule has 0 saturated carbocycles. The fourth-order valence-electron chi connectivity index (χ4n) is 2.28. The van der Waals surface area contributed by atoms with E-state index in [1.54, 1.807) is 0 Å². The van der Waals surface area contributed by atoms with Crippen LogP contribution < -0.4 is 10.6 Å². The zero-order chi connectivity index (χ0) is 16.9. The van der Waals surface area contributed by atoms with Gasteiger partial charge in [-0.3, -0.25) is 0 Å². The molecule has 1 aromatic heterocycles. The van der Waals surface area contributed by atoms with Gasteiger partial charge in [-0.15, -0.1) is 0 Å². The molecule has 4 nitrogen and oxygen atoms in total. The molecule has 0 radical (unpaired) electrons. The lowest BCUT2D eigenvalue weighted by atomic mass is 10.1. The Morgan fingerprint density at radius 2 is 1.62 bits per heavy atom. The van der Waals surface area contributed by atoms with Crippen LogP contribution in [0.15, 0.2) is 59.1 Å². The van der Waals surface area contributed by atoms with E-state index in [0.717, 1.165) is 21.7 Å². The molecule has 0 aliphatic carbocycles. The van der Waals surface area contributed by atoms with Crippen LogP contribution in [0, 0.1) is 13.8 Å². The molecular formula is C19H19BrN4. The summed E-state index contributed by atoms with van der Waals surface area (Å²) in [5, 5.41) is 6.59. The molecule has 0 saturated heterocycles. The van der Waals surface area contributed by atoms with Gasteiger partial charge in [0.15, 0.2) is 0 Å². The van der Waals surface area contributed by atoms with Crippen LogP contribution in [-0.4, -0.2) is 9.97 Å². The first-order valence-corrected chi connectivity index (χ1v) is 8.55. The van der Waals surface area contributed by atoms with Crippen molar-refractivity contribution in [1.82, 2.24) is 9.97 Å². The summed E-state index contributed by atoms with van der Waals surface area (Å²) in [6.45, 7) is 4.74. The minimum absolute atomic E-state index is 0.621. The summed E-state index contributed by atoms with van der Waals surface area (Å²) < 4.78 is 1.05. The maximum absolute atomic E-state index is 4.54. The smallest absolute Gasteiger partial charge is 0.225 e. The lowest BCUT2D eigenvalue weighted by Crippen LogP contribution is -2.06. The van der Waals surface area contributed by atoms with E-state index in [1.807, 2.05) is 37.3 Å². The minimum Gasteiger partial charge on any atom is -0.350 e. The van der Waals surface area contributed by atoms with E-state index in [0.29, 0.717) is 12.5 Å². The van der Waals surface area contributed by atoms with Crippen LogP contribution in [0.5, 0.6) is 0 Å². The zero-order valence-electron chi connectivity index (χ0n) is 13.7. The highest BCUT2D eigenvalue weighted by Crippen LogP contribution is 2.19. The van der Waals surface area contributed by atoms with Gasteiger partial charge in [-0.25, -0.2) is 4.98 Å². The van der Waals surface area contributed by atoms with Crippen LogP contribution in [0.3, 0.4) is 0 Å². The summed E-state index contributed by atoms with van der Waals surface area (Å²) in [4.78, 5) is 8.99. The van der Waals surface area contributed by atoms with Crippen LogP contribution in [0.1, 0.15) is 16.8 Å². The van der Waals surface area contributed by atoms with Gasteiger partial charge in [0.2, 0.25) is 5.95 Å². The highest BCUT2D eigenvalue weighted by molar-refractivity contribution is 9.10. The number of halogens is 1. The van der Waals surface area contributed by atoms with Gasteiger partial charge in [0, 0.05) is 28.5 Å². The average molecular weight is 383 g/mol.